The highest BCUT2D eigenvalue weighted by molar-refractivity contribution is 6.23. The van der Waals surface area contributed by atoms with Gasteiger partial charge in [0.1, 0.15) is 17.6 Å². The lowest BCUT2D eigenvalue weighted by molar-refractivity contribution is -0.132. The van der Waals surface area contributed by atoms with Crippen LogP contribution in [-0.4, -0.2) is 55.4 Å². The average molecular weight is 535 g/mol. The molecule has 39 heavy (non-hydrogen) atoms. The summed E-state index contributed by atoms with van der Waals surface area (Å²) in [7, 11) is 3.02. The number of esters is 1. The fourth-order valence-corrected chi connectivity index (χ4v) is 4.43. The summed E-state index contributed by atoms with van der Waals surface area (Å²) in [4.78, 5) is 53.5. The molecule has 1 aliphatic rings. The summed E-state index contributed by atoms with van der Waals surface area (Å²) in [5.74, 6) is -1.77. The Balaban J connectivity index is 1.63. The first kappa shape index (κ1) is 27.3. The zero-order valence-corrected chi connectivity index (χ0v) is 21.7. The number of carbonyl (C=O) groups excluding carboxylic acids is 4. The van der Waals surface area contributed by atoms with Gasteiger partial charge in [0.15, 0.2) is 11.5 Å². The highest BCUT2D eigenvalue weighted by atomic mass is 19.1. The van der Waals surface area contributed by atoms with E-state index in [4.69, 9.17) is 14.2 Å². The van der Waals surface area contributed by atoms with Crippen molar-refractivity contribution in [3.63, 3.8) is 0 Å². The summed E-state index contributed by atoms with van der Waals surface area (Å²) in [6.07, 6.45) is 0.0340. The van der Waals surface area contributed by atoms with Crippen LogP contribution in [0.25, 0.3) is 0 Å². The van der Waals surface area contributed by atoms with Crippen molar-refractivity contribution < 1.29 is 37.8 Å². The monoisotopic (exact) mass is 534 g/mol. The molecule has 1 fully saturated rings. The minimum Gasteiger partial charge on any atom is -0.493 e. The fraction of sp³-hybridized carbons (Fsp3) is 0.241. The van der Waals surface area contributed by atoms with Gasteiger partial charge < -0.3 is 19.1 Å². The topological polar surface area (TPSA) is 102 Å². The molecule has 0 saturated carbocycles. The molecule has 4 rings (SSSR count). The van der Waals surface area contributed by atoms with Crippen molar-refractivity contribution >= 4 is 29.4 Å². The first-order chi connectivity index (χ1) is 18.7. The molecular weight excluding hydrogens is 507 g/mol. The van der Waals surface area contributed by atoms with Crippen LogP contribution in [0.1, 0.15) is 29.3 Å². The van der Waals surface area contributed by atoms with E-state index in [1.165, 1.54) is 74.6 Å². The summed E-state index contributed by atoms with van der Waals surface area (Å²) in [6.45, 7) is 1.29. The van der Waals surface area contributed by atoms with Crippen LogP contribution in [0.15, 0.2) is 66.7 Å². The SMILES string of the molecule is COc1ccc(CCN(C(=O)c2ccccc2F)C2CC(=O)N(c3ccc(OC(C)=O)cc3)C2=O)cc1OC. The van der Waals surface area contributed by atoms with Crippen molar-refractivity contribution in [1.82, 2.24) is 4.90 Å². The first-order valence-electron chi connectivity index (χ1n) is 12.1. The number of anilines is 1. The Hall–Kier alpha value is -4.73. The largest absolute Gasteiger partial charge is 0.493 e. The molecule has 0 radical (unpaired) electrons. The van der Waals surface area contributed by atoms with E-state index in [-0.39, 0.29) is 30.0 Å². The van der Waals surface area contributed by atoms with Crippen molar-refractivity contribution in [2.75, 3.05) is 25.7 Å². The summed E-state index contributed by atoms with van der Waals surface area (Å²) in [5, 5.41) is 0. The molecule has 3 aromatic rings. The number of imide groups is 1. The molecule has 0 aromatic heterocycles. The number of hydrogen-bond acceptors (Lipinski definition) is 7. The smallest absolute Gasteiger partial charge is 0.308 e. The van der Waals surface area contributed by atoms with Gasteiger partial charge in [-0.25, -0.2) is 9.29 Å². The lowest BCUT2D eigenvalue weighted by Gasteiger charge is -2.28. The first-order valence-corrected chi connectivity index (χ1v) is 12.1. The van der Waals surface area contributed by atoms with E-state index in [9.17, 15) is 23.6 Å². The number of halogens is 1. The van der Waals surface area contributed by atoms with Gasteiger partial charge in [0.25, 0.3) is 11.8 Å². The molecule has 1 saturated heterocycles. The number of hydrogen-bond donors (Lipinski definition) is 0. The van der Waals surface area contributed by atoms with Gasteiger partial charge in [0.2, 0.25) is 5.91 Å². The van der Waals surface area contributed by atoms with Gasteiger partial charge in [-0.2, -0.15) is 0 Å². The molecule has 1 unspecified atom stereocenters. The molecule has 0 aliphatic carbocycles. The number of benzene rings is 3. The lowest BCUT2D eigenvalue weighted by atomic mass is 10.1. The molecule has 3 amide bonds. The minimum atomic E-state index is -1.14. The van der Waals surface area contributed by atoms with E-state index in [1.54, 1.807) is 18.2 Å². The minimum absolute atomic E-state index is 0.0333. The van der Waals surface area contributed by atoms with Crippen LogP contribution in [0.3, 0.4) is 0 Å². The molecular formula is C29H27FN2O7. The van der Waals surface area contributed by atoms with Gasteiger partial charge in [0.05, 0.1) is 31.9 Å². The molecule has 202 valence electrons. The normalized spacial score (nSPS) is 14.8. The standard InChI is InChI=1S/C29H27FN2O7/c1-18(33)39-21-11-9-20(10-12-21)32-27(34)17-24(29(32)36)31(28(35)22-6-4-5-7-23(22)30)15-14-19-8-13-25(37-2)26(16-19)38-3/h4-13,16,24H,14-15,17H2,1-3H3. The molecule has 1 heterocycles. The zero-order chi connectivity index (χ0) is 28.1. The Labute approximate surface area is 224 Å². The third-order valence-electron chi connectivity index (χ3n) is 6.31. The second-order valence-corrected chi connectivity index (χ2v) is 8.79. The van der Waals surface area contributed by atoms with E-state index >= 15 is 0 Å². The van der Waals surface area contributed by atoms with E-state index in [2.05, 4.69) is 0 Å². The quantitative estimate of drug-likeness (QED) is 0.234. The molecule has 1 atom stereocenters. The molecule has 0 bridgehead atoms. The van der Waals surface area contributed by atoms with Crippen molar-refractivity contribution in [1.29, 1.82) is 0 Å². The summed E-state index contributed by atoms with van der Waals surface area (Å²) >= 11 is 0. The lowest BCUT2D eigenvalue weighted by Crippen LogP contribution is -2.46. The second-order valence-electron chi connectivity index (χ2n) is 8.79. The maximum Gasteiger partial charge on any atom is 0.308 e. The summed E-state index contributed by atoms with van der Waals surface area (Å²) in [6, 6.07) is 15.5. The van der Waals surface area contributed by atoms with Crippen LogP contribution >= 0.6 is 0 Å². The van der Waals surface area contributed by atoms with E-state index in [0.29, 0.717) is 17.9 Å². The van der Waals surface area contributed by atoms with Crippen LogP contribution < -0.4 is 19.1 Å². The zero-order valence-electron chi connectivity index (χ0n) is 21.7. The molecule has 9 nitrogen and oxygen atoms in total. The molecule has 0 N–H and O–H groups in total. The highest BCUT2D eigenvalue weighted by Gasteiger charge is 2.44. The average Bonchev–Trinajstić information content (AvgIpc) is 3.22. The Bertz CT molecular complexity index is 1410. The van der Waals surface area contributed by atoms with Gasteiger partial charge in [-0.05, 0) is 60.5 Å². The predicted molar refractivity (Wildman–Crippen MR) is 139 cm³/mol. The summed E-state index contributed by atoms with van der Waals surface area (Å²) in [5.41, 5.74) is 0.851. The van der Waals surface area contributed by atoms with Crippen LogP contribution in [0.2, 0.25) is 0 Å². The summed E-state index contributed by atoms with van der Waals surface area (Å²) < 4.78 is 30.2. The van der Waals surface area contributed by atoms with Gasteiger partial charge in [-0.1, -0.05) is 18.2 Å². The van der Waals surface area contributed by atoms with Gasteiger partial charge in [-0.3, -0.25) is 19.2 Å². The van der Waals surface area contributed by atoms with Crippen LogP contribution in [-0.2, 0) is 20.8 Å². The number of ether oxygens (including phenoxy) is 3. The molecule has 1 aliphatic heterocycles. The Morgan fingerprint density at radius 3 is 2.31 bits per heavy atom. The Kier molecular flexibility index (Phi) is 8.24. The molecule has 3 aromatic carbocycles. The predicted octanol–water partition coefficient (Wildman–Crippen LogP) is 3.79. The number of nitrogens with zero attached hydrogens (tertiary/aromatic N) is 2. The number of rotatable bonds is 9. The number of methoxy groups -OCH3 is 2. The Morgan fingerprint density at radius 2 is 1.67 bits per heavy atom. The van der Waals surface area contributed by atoms with Crippen LogP contribution in [0.4, 0.5) is 10.1 Å². The van der Waals surface area contributed by atoms with E-state index < -0.39 is 35.5 Å². The van der Waals surface area contributed by atoms with E-state index in [1.807, 2.05) is 0 Å². The third kappa shape index (κ3) is 5.90. The maximum absolute atomic E-state index is 14.6. The number of carbonyl (C=O) groups is 4. The van der Waals surface area contributed by atoms with Gasteiger partial charge in [-0.15, -0.1) is 0 Å². The Morgan fingerprint density at radius 1 is 0.974 bits per heavy atom. The molecule has 10 heteroatoms. The van der Waals surface area contributed by atoms with Crippen LogP contribution in [0.5, 0.6) is 17.2 Å². The van der Waals surface area contributed by atoms with Gasteiger partial charge >= 0.3 is 5.97 Å². The third-order valence-corrected chi connectivity index (χ3v) is 6.31. The van der Waals surface area contributed by atoms with Gasteiger partial charge in [0, 0.05) is 13.5 Å². The van der Waals surface area contributed by atoms with Crippen molar-refractivity contribution in [3.05, 3.63) is 83.7 Å². The number of amides is 3. The van der Waals surface area contributed by atoms with E-state index in [0.717, 1.165) is 10.5 Å². The van der Waals surface area contributed by atoms with Crippen molar-refractivity contribution in [2.24, 2.45) is 0 Å². The molecule has 0 spiro atoms. The maximum atomic E-state index is 14.6. The van der Waals surface area contributed by atoms with Crippen LogP contribution in [0, 0.1) is 5.82 Å². The highest BCUT2D eigenvalue weighted by Crippen LogP contribution is 2.30. The van der Waals surface area contributed by atoms with Crippen molar-refractivity contribution in [3.8, 4) is 17.2 Å². The fourth-order valence-electron chi connectivity index (χ4n) is 4.43. The second kappa shape index (κ2) is 11.8. The van der Waals surface area contributed by atoms with Crippen molar-refractivity contribution in [2.45, 2.75) is 25.8 Å².